The normalized spacial score (nSPS) is 17.5. The lowest BCUT2D eigenvalue weighted by molar-refractivity contribution is 0.115. The first-order valence-electron chi connectivity index (χ1n) is 11.3. The highest BCUT2D eigenvalue weighted by atomic mass is 32.2. The van der Waals surface area contributed by atoms with Gasteiger partial charge in [-0.2, -0.15) is 0 Å². The van der Waals surface area contributed by atoms with Crippen molar-refractivity contribution in [1.82, 2.24) is 24.8 Å². The standard InChI is InChI=1S/C24H34N6O2S/c1-19-9-10-26-15-21(19)7-5-6-8-23(25-3)20(2)30-13-11-29(12-14-30)18-24-27-16-22(17-28-24)33(4,31)32/h6,8-10,15-17,20H,5,7,11-14,18H2,1-4H3/b8-6-,25-23?. The lowest BCUT2D eigenvalue weighted by Gasteiger charge is -2.37. The van der Waals surface area contributed by atoms with Gasteiger partial charge in [0.1, 0.15) is 10.7 Å². The molecule has 0 spiro atoms. The van der Waals surface area contributed by atoms with Gasteiger partial charge in [0.05, 0.1) is 12.3 Å². The Morgan fingerprint density at radius 1 is 1.18 bits per heavy atom. The smallest absolute Gasteiger partial charge is 0.178 e. The van der Waals surface area contributed by atoms with Crippen LogP contribution in [0.15, 0.2) is 52.9 Å². The van der Waals surface area contributed by atoms with Crippen LogP contribution in [0.25, 0.3) is 0 Å². The van der Waals surface area contributed by atoms with Gasteiger partial charge in [-0.15, -0.1) is 0 Å². The summed E-state index contributed by atoms with van der Waals surface area (Å²) >= 11 is 0. The molecular weight excluding hydrogens is 436 g/mol. The van der Waals surface area contributed by atoms with E-state index >= 15 is 0 Å². The summed E-state index contributed by atoms with van der Waals surface area (Å²) in [5.41, 5.74) is 3.66. The maximum atomic E-state index is 11.6. The molecule has 0 saturated carbocycles. The highest BCUT2D eigenvalue weighted by molar-refractivity contribution is 7.90. The number of hydrogen-bond acceptors (Lipinski definition) is 8. The van der Waals surface area contributed by atoms with Crippen LogP contribution < -0.4 is 0 Å². The number of aliphatic imine (C=N–C) groups is 1. The van der Waals surface area contributed by atoms with Crippen LogP contribution in [0.5, 0.6) is 0 Å². The van der Waals surface area contributed by atoms with E-state index in [1.165, 1.54) is 23.5 Å². The average Bonchev–Trinajstić information content (AvgIpc) is 2.80. The molecule has 0 aromatic carbocycles. The van der Waals surface area contributed by atoms with Crippen LogP contribution >= 0.6 is 0 Å². The van der Waals surface area contributed by atoms with Gasteiger partial charge in [-0.05, 0) is 50.0 Å². The van der Waals surface area contributed by atoms with Gasteiger partial charge in [0, 0.05) is 70.3 Å². The molecule has 1 unspecified atom stereocenters. The fourth-order valence-electron chi connectivity index (χ4n) is 3.91. The van der Waals surface area contributed by atoms with Crippen molar-refractivity contribution in [2.45, 2.75) is 44.2 Å². The topological polar surface area (TPSA) is 91.7 Å². The van der Waals surface area contributed by atoms with E-state index in [-0.39, 0.29) is 10.9 Å². The van der Waals surface area contributed by atoms with Gasteiger partial charge in [-0.25, -0.2) is 18.4 Å². The van der Waals surface area contributed by atoms with Gasteiger partial charge in [0.25, 0.3) is 0 Å². The number of allylic oxidation sites excluding steroid dienone is 1. The van der Waals surface area contributed by atoms with Crippen molar-refractivity contribution in [2.24, 2.45) is 4.99 Å². The van der Waals surface area contributed by atoms with Crippen molar-refractivity contribution in [3.63, 3.8) is 0 Å². The molecule has 33 heavy (non-hydrogen) atoms. The first kappa shape index (κ1) is 25.1. The summed E-state index contributed by atoms with van der Waals surface area (Å²) < 4.78 is 23.1. The number of piperazine rings is 1. The Balaban J connectivity index is 1.47. The third kappa shape index (κ3) is 7.25. The van der Waals surface area contributed by atoms with Crippen LogP contribution in [0.4, 0.5) is 0 Å². The zero-order valence-corrected chi connectivity index (χ0v) is 20.8. The van der Waals surface area contributed by atoms with Crippen molar-refractivity contribution in [3.8, 4) is 0 Å². The predicted octanol–water partition coefficient (Wildman–Crippen LogP) is 2.35. The second-order valence-corrected chi connectivity index (χ2v) is 10.5. The predicted molar refractivity (Wildman–Crippen MR) is 131 cm³/mol. The molecule has 0 amide bonds. The summed E-state index contributed by atoms with van der Waals surface area (Å²) in [4.78, 5) is 22.1. The molecule has 1 atom stereocenters. The molecule has 3 rings (SSSR count). The van der Waals surface area contributed by atoms with Crippen molar-refractivity contribution in [1.29, 1.82) is 0 Å². The minimum absolute atomic E-state index is 0.153. The number of sulfone groups is 1. The molecule has 3 heterocycles. The third-order valence-corrected chi connectivity index (χ3v) is 7.20. The van der Waals surface area contributed by atoms with Crippen LogP contribution in [0.1, 0.15) is 30.3 Å². The summed E-state index contributed by atoms with van der Waals surface area (Å²) in [7, 11) is -1.41. The minimum Gasteiger partial charge on any atom is -0.293 e. The van der Waals surface area contributed by atoms with Crippen molar-refractivity contribution in [2.75, 3.05) is 39.5 Å². The zero-order valence-electron chi connectivity index (χ0n) is 20.0. The second kappa shape index (κ2) is 11.6. The van der Waals surface area contributed by atoms with Crippen LogP contribution in [0.2, 0.25) is 0 Å². The summed E-state index contributed by atoms with van der Waals surface area (Å²) in [6.45, 7) is 8.63. The molecule has 0 N–H and O–H groups in total. The lowest BCUT2D eigenvalue weighted by Crippen LogP contribution is -2.51. The third-order valence-electron chi connectivity index (χ3n) is 6.13. The largest absolute Gasteiger partial charge is 0.293 e. The molecule has 1 saturated heterocycles. The summed E-state index contributed by atoms with van der Waals surface area (Å²) in [6, 6.07) is 2.30. The second-order valence-electron chi connectivity index (χ2n) is 8.49. The summed E-state index contributed by atoms with van der Waals surface area (Å²) in [5.74, 6) is 0.645. The molecule has 0 bridgehead atoms. The molecule has 1 aliphatic heterocycles. The number of aryl methyl sites for hydroxylation is 2. The van der Waals surface area contributed by atoms with Crippen LogP contribution in [-0.2, 0) is 22.8 Å². The Labute approximate surface area is 197 Å². The molecule has 2 aromatic rings. The molecular formula is C24H34N6O2S. The molecule has 1 fully saturated rings. The molecule has 0 aliphatic carbocycles. The quantitative estimate of drug-likeness (QED) is 0.520. The molecule has 2 aromatic heterocycles. The molecule has 1 aliphatic rings. The van der Waals surface area contributed by atoms with Gasteiger partial charge in [0.2, 0.25) is 0 Å². The first-order valence-corrected chi connectivity index (χ1v) is 13.2. The Hall–Kier alpha value is -2.49. The Morgan fingerprint density at radius 2 is 1.88 bits per heavy atom. The molecule has 8 nitrogen and oxygen atoms in total. The Kier molecular flexibility index (Phi) is 8.82. The molecule has 0 radical (unpaired) electrons. The average molecular weight is 471 g/mol. The fraction of sp³-hybridized carbons (Fsp3) is 0.500. The van der Waals surface area contributed by atoms with E-state index in [1.54, 1.807) is 0 Å². The Bertz CT molecular complexity index is 1070. The van der Waals surface area contributed by atoms with Gasteiger partial charge < -0.3 is 0 Å². The highest BCUT2D eigenvalue weighted by Crippen LogP contribution is 2.13. The monoisotopic (exact) mass is 470 g/mol. The lowest BCUT2D eigenvalue weighted by atomic mass is 10.1. The molecule has 178 valence electrons. The maximum Gasteiger partial charge on any atom is 0.178 e. The van der Waals surface area contributed by atoms with Crippen LogP contribution in [-0.4, -0.2) is 84.4 Å². The van der Waals surface area contributed by atoms with E-state index in [0.29, 0.717) is 12.4 Å². The molecule has 9 heteroatoms. The number of nitrogens with zero attached hydrogens (tertiary/aromatic N) is 6. The number of pyridine rings is 1. The summed E-state index contributed by atoms with van der Waals surface area (Å²) in [5, 5.41) is 0. The van der Waals surface area contributed by atoms with E-state index in [9.17, 15) is 8.42 Å². The maximum absolute atomic E-state index is 11.6. The first-order chi connectivity index (χ1) is 15.8. The SMILES string of the molecule is CN=C(/C=C\CCc1cnccc1C)C(C)N1CCN(Cc2ncc(S(C)(=O)=O)cn2)CC1. The number of rotatable bonds is 9. The van der Waals surface area contributed by atoms with Gasteiger partial charge >= 0.3 is 0 Å². The Morgan fingerprint density at radius 3 is 2.48 bits per heavy atom. The van der Waals surface area contributed by atoms with Gasteiger partial charge in [-0.1, -0.05) is 6.08 Å². The highest BCUT2D eigenvalue weighted by Gasteiger charge is 2.23. The van der Waals surface area contributed by atoms with Crippen molar-refractivity contribution < 1.29 is 8.42 Å². The van der Waals surface area contributed by atoms with Crippen molar-refractivity contribution >= 4 is 15.5 Å². The van der Waals surface area contributed by atoms with E-state index < -0.39 is 9.84 Å². The van der Waals surface area contributed by atoms with E-state index in [1.807, 2.05) is 19.4 Å². The van der Waals surface area contributed by atoms with E-state index in [0.717, 1.165) is 51.0 Å². The fourth-order valence-corrected chi connectivity index (χ4v) is 4.40. The van der Waals surface area contributed by atoms with E-state index in [2.05, 4.69) is 61.8 Å². The summed E-state index contributed by atoms with van der Waals surface area (Å²) in [6.07, 6.45) is 14.0. The number of hydrogen-bond donors (Lipinski definition) is 0. The minimum atomic E-state index is -3.27. The van der Waals surface area contributed by atoms with E-state index in [4.69, 9.17) is 0 Å². The zero-order chi connectivity index (χ0) is 23.8. The number of aromatic nitrogens is 3. The van der Waals surface area contributed by atoms with Crippen LogP contribution in [0, 0.1) is 6.92 Å². The van der Waals surface area contributed by atoms with Gasteiger partial charge in [0.15, 0.2) is 9.84 Å². The van der Waals surface area contributed by atoms with Crippen molar-refractivity contribution in [3.05, 3.63) is 60.0 Å². The van der Waals surface area contributed by atoms with Gasteiger partial charge in [-0.3, -0.25) is 19.8 Å². The van der Waals surface area contributed by atoms with Crippen LogP contribution in [0.3, 0.4) is 0 Å².